The molecule has 1 N–H and O–H groups in total. The summed E-state index contributed by atoms with van der Waals surface area (Å²) in [4.78, 5) is 16.8. The van der Waals surface area contributed by atoms with E-state index >= 15 is 0 Å². The largest absolute Gasteiger partial charge is 0.492 e. The van der Waals surface area contributed by atoms with Gasteiger partial charge < -0.3 is 14.8 Å². The Balaban J connectivity index is 1.45. The molecule has 6 nitrogen and oxygen atoms in total. The lowest BCUT2D eigenvalue weighted by Gasteiger charge is -2.24. The van der Waals surface area contributed by atoms with E-state index in [4.69, 9.17) is 14.7 Å². The average molecular weight is 385 g/mol. The summed E-state index contributed by atoms with van der Waals surface area (Å²) in [6.07, 6.45) is 2.22. The van der Waals surface area contributed by atoms with Crippen LogP contribution in [0.25, 0.3) is 0 Å². The van der Waals surface area contributed by atoms with Gasteiger partial charge in [0.15, 0.2) is 0 Å². The predicted molar refractivity (Wildman–Crippen MR) is 108 cm³/mol. The van der Waals surface area contributed by atoms with Crippen molar-refractivity contribution in [2.24, 2.45) is 5.92 Å². The molecule has 0 bridgehead atoms. The first-order valence-corrected chi connectivity index (χ1v) is 9.29. The fourth-order valence-corrected chi connectivity index (χ4v) is 3.24. The van der Waals surface area contributed by atoms with Gasteiger partial charge in [-0.25, -0.2) is 4.98 Å². The number of hydrogen-bond donors (Lipinski definition) is 1. The number of anilines is 1. The third-order valence-electron chi connectivity index (χ3n) is 4.81. The number of aryl methyl sites for hydroxylation is 1. The number of aromatic nitrogens is 1. The second-order valence-corrected chi connectivity index (χ2v) is 6.86. The van der Waals surface area contributed by atoms with Gasteiger partial charge in [0.2, 0.25) is 11.8 Å². The van der Waals surface area contributed by atoms with Gasteiger partial charge in [0.25, 0.3) is 0 Å². The first-order chi connectivity index (χ1) is 14.1. The van der Waals surface area contributed by atoms with Crippen LogP contribution < -0.4 is 14.8 Å². The zero-order chi connectivity index (χ0) is 20.2. The first-order valence-electron chi connectivity index (χ1n) is 9.29. The van der Waals surface area contributed by atoms with E-state index < -0.39 is 0 Å². The molecule has 3 aromatic rings. The topological polar surface area (TPSA) is 84.2 Å². The number of para-hydroxylation sites is 1. The number of benzene rings is 2. The minimum atomic E-state index is -0.244. The Morgan fingerprint density at radius 3 is 2.93 bits per heavy atom. The van der Waals surface area contributed by atoms with Crippen LogP contribution in [0, 0.1) is 24.2 Å². The summed E-state index contributed by atoms with van der Waals surface area (Å²) in [5.74, 6) is 1.33. The summed E-state index contributed by atoms with van der Waals surface area (Å²) in [5.41, 5.74) is 2.97. The molecule has 0 saturated heterocycles. The van der Waals surface area contributed by atoms with E-state index in [1.165, 1.54) is 0 Å². The Kier molecular flexibility index (Phi) is 5.12. The lowest BCUT2D eigenvalue weighted by Crippen LogP contribution is -2.32. The van der Waals surface area contributed by atoms with Gasteiger partial charge in [-0.3, -0.25) is 4.79 Å². The molecule has 1 amide bonds. The Morgan fingerprint density at radius 2 is 2.10 bits per heavy atom. The minimum absolute atomic E-state index is 0.0761. The van der Waals surface area contributed by atoms with Crippen LogP contribution in [-0.2, 0) is 11.2 Å². The predicted octanol–water partition coefficient (Wildman–Crippen LogP) is 4.24. The van der Waals surface area contributed by atoms with Crippen molar-refractivity contribution in [1.82, 2.24) is 4.98 Å². The van der Waals surface area contributed by atoms with Crippen LogP contribution in [0.4, 0.5) is 5.69 Å². The molecule has 144 valence electrons. The van der Waals surface area contributed by atoms with Crippen LogP contribution in [0.1, 0.15) is 16.7 Å². The average Bonchev–Trinajstić information content (AvgIpc) is 2.75. The number of hydrogen-bond acceptors (Lipinski definition) is 5. The monoisotopic (exact) mass is 385 g/mol. The van der Waals surface area contributed by atoms with Crippen LogP contribution >= 0.6 is 0 Å². The Hall–Kier alpha value is -3.85. The molecule has 2 aromatic carbocycles. The van der Waals surface area contributed by atoms with Gasteiger partial charge in [-0.05, 0) is 60.9 Å². The second-order valence-electron chi connectivity index (χ2n) is 6.86. The molecule has 1 aromatic heterocycles. The van der Waals surface area contributed by atoms with Gasteiger partial charge in [-0.2, -0.15) is 5.26 Å². The third kappa shape index (κ3) is 4.04. The zero-order valence-corrected chi connectivity index (χ0v) is 15.9. The van der Waals surface area contributed by atoms with Crippen molar-refractivity contribution in [3.63, 3.8) is 0 Å². The van der Waals surface area contributed by atoms with E-state index in [-0.39, 0.29) is 17.7 Å². The van der Waals surface area contributed by atoms with Crippen molar-refractivity contribution in [3.05, 3.63) is 77.5 Å². The Morgan fingerprint density at radius 1 is 1.24 bits per heavy atom. The number of carbonyl (C=O) groups is 1. The summed E-state index contributed by atoms with van der Waals surface area (Å²) in [6.45, 7) is 2.25. The molecular weight excluding hydrogens is 366 g/mol. The van der Waals surface area contributed by atoms with Gasteiger partial charge in [0.1, 0.15) is 29.7 Å². The quantitative estimate of drug-likeness (QED) is 0.726. The Labute approximate surface area is 168 Å². The van der Waals surface area contributed by atoms with Crippen molar-refractivity contribution in [1.29, 1.82) is 5.26 Å². The molecule has 1 unspecified atom stereocenters. The van der Waals surface area contributed by atoms with Gasteiger partial charge in [0.05, 0.1) is 5.92 Å². The molecule has 0 saturated carbocycles. The number of carbonyl (C=O) groups excluding carboxylic acids is 1. The number of rotatable bonds is 4. The van der Waals surface area contributed by atoms with Crippen molar-refractivity contribution in [2.45, 2.75) is 13.3 Å². The lowest BCUT2D eigenvalue weighted by atomic mass is 9.96. The molecule has 1 aliphatic heterocycles. The van der Waals surface area contributed by atoms with Gasteiger partial charge >= 0.3 is 0 Å². The highest BCUT2D eigenvalue weighted by Gasteiger charge is 2.26. The summed E-state index contributed by atoms with van der Waals surface area (Å²) in [5, 5.41) is 12.1. The van der Waals surface area contributed by atoms with E-state index in [0.717, 1.165) is 16.9 Å². The molecule has 1 aliphatic rings. The fraction of sp³-hybridized carbons (Fsp3) is 0.174. The van der Waals surface area contributed by atoms with Crippen LogP contribution in [0.15, 0.2) is 60.8 Å². The minimum Gasteiger partial charge on any atom is -0.492 e. The van der Waals surface area contributed by atoms with E-state index in [9.17, 15) is 4.79 Å². The second kappa shape index (κ2) is 8.03. The molecular formula is C23H19N3O3. The van der Waals surface area contributed by atoms with Crippen LogP contribution in [0.2, 0.25) is 0 Å². The molecule has 0 fully saturated rings. The molecule has 6 heteroatoms. The summed E-state index contributed by atoms with van der Waals surface area (Å²) in [6, 6.07) is 18.5. The van der Waals surface area contributed by atoms with Crippen LogP contribution in [0.5, 0.6) is 17.4 Å². The molecule has 0 spiro atoms. The van der Waals surface area contributed by atoms with Gasteiger partial charge in [0, 0.05) is 11.9 Å². The SMILES string of the molecule is Cc1cc(Oc2ncccc2C#N)ccc1NC(=O)C1COc2ccccc2C1. The number of nitrogens with one attached hydrogen (secondary N) is 1. The number of fused-ring (bicyclic) bond motifs is 1. The number of pyridine rings is 1. The van der Waals surface area contributed by atoms with Crippen LogP contribution in [-0.4, -0.2) is 17.5 Å². The molecule has 0 aliphatic carbocycles. The van der Waals surface area contributed by atoms with Crippen molar-refractivity contribution < 1.29 is 14.3 Å². The van der Waals surface area contributed by atoms with Crippen molar-refractivity contribution in [2.75, 3.05) is 11.9 Å². The molecule has 2 heterocycles. The van der Waals surface area contributed by atoms with E-state index in [0.29, 0.717) is 30.0 Å². The Bertz CT molecular complexity index is 1100. The summed E-state index contributed by atoms with van der Waals surface area (Å²) in [7, 11) is 0. The number of amides is 1. The fourth-order valence-electron chi connectivity index (χ4n) is 3.24. The van der Waals surface area contributed by atoms with Crippen LogP contribution in [0.3, 0.4) is 0 Å². The van der Waals surface area contributed by atoms with Gasteiger partial charge in [-0.1, -0.05) is 18.2 Å². The maximum atomic E-state index is 12.7. The maximum absolute atomic E-state index is 12.7. The van der Waals surface area contributed by atoms with Crippen molar-refractivity contribution >= 4 is 11.6 Å². The maximum Gasteiger partial charge on any atom is 0.237 e. The highest BCUT2D eigenvalue weighted by atomic mass is 16.5. The molecule has 0 radical (unpaired) electrons. The van der Waals surface area contributed by atoms with E-state index in [2.05, 4.69) is 16.4 Å². The lowest BCUT2D eigenvalue weighted by molar-refractivity contribution is -0.121. The first kappa shape index (κ1) is 18.5. The highest BCUT2D eigenvalue weighted by Crippen LogP contribution is 2.29. The normalized spacial score (nSPS) is 14.8. The molecule has 1 atom stereocenters. The number of nitriles is 1. The number of nitrogens with zero attached hydrogens (tertiary/aromatic N) is 2. The van der Waals surface area contributed by atoms with E-state index in [1.54, 1.807) is 36.5 Å². The summed E-state index contributed by atoms with van der Waals surface area (Å²) >= 11 is 0. The standard InChI is InChI=1S/C23H19N3O3/c1-15-11-19(29-23-17(13-24)6-4-10-25-23)8-9-20(15)26-22(27)18-12-16-5-2-3-7-21(16)28-14-18/h2-11,18H,12,14H2,1H3,(H,26,27). The van der Waals surface area contributed by atoms with Crippen molar-refractivity contribution in [3.8, 4) is 23.4 Å². The van der Waals surface area contributed by atoms with Gasteiger partial charge in [-0.15, -0.1) is 0 Å². The smallest absolute Gasteiger partial charge is 0.237 e. The molecule has 4 rings (SSSR count). The number of ether oxygens (including phenoxy) is 2. The van der Waals surface area contributed by atoms with E-state index in [1.807, 2.05) is 31.2 Å². The summed E-state index contributed by atoms with van der Waals surface area (Å²) < 4.78 is 11.4. The highest BCUT2D eigenvalue weighted by molar-refractivity contribution is 5.93. The third-order valence-corrected chi connectivity index (χ3v) is 4.81. The molecule has 29 heavy (non-hydrogen) atoms. The zero-order valence-electron chi connectivity index (χ0n) is 15.9.